The number of sulfone groups is 1. The molecule has 0 fully saturated rings. The first-order chi connectivity index (χ1) is 10.7. The third-order valence-corrected chi connectivity index (χ3v) is 6.87. The molecule has 0 atom stereocenters. The molecule has 0 amide bonds. The van der Waals surface area contributed by atoms with Gasteiger partial charge in [0.25, 0.3) is 0 Å². The summed E-state index contributed by atoms with van der Waals surface area (Å²) >= 11 is 6.03. The maximum absolute atomic E-state index is 12.5. The molecule has 2 aromatic rings. The van der Waals surface area contributed by atoms with Crippen LogP contribution in [0.4, 0.5) is 0 Å². The Morgan fingerprint density at radius 1 is 1.22 bits per heavy atom. The molecule has 0 aliphatic heterocycles. The van der Waals surface area contributed by atoms with E-state index in [0.717, 1.165) is 6.04 Å². The van der Waals surface area contributed by atoms with Gasteiger partial charge in [0, 0.05) is 14.7 Å². The van der Waals surface area contributed by atoms with E-state index in [-0.39, 0.29) is 21.8 Å². The number of rotatable bonds is 7. The van der Waals surface area contributed by atoms with Crippen LogP contribution >= 0.6 is 11.6 Å². The molecule has 1 aromatic heterocycles. The molecule has 0 unspecified atom stereocenters. The highest BCUT2D eigenvalue weighted by molar-refractivity contribution is 7.91. The molecule has 0 spiro atoms. The van der Waals surface area contributed by atoms with E-state index in [4.69, 9.17) is 16.3 Å². The molecule has 0 radical (unpaired) electrons. The van der Waals surface area contributed by atoms with Crippen molar-refractivity contribution in [1.29, 1.82) is 0 Å². The summed E-state index contributed by atoms with van der Waals surface area (Å²) in [6.45, 7) is 7.66. The van der Waals surface area contributed by atoms with Crippen molar-refractivity contribution >= 4 is 29.5 Å². The SMILES string of the molecule is C[Si](C)(C)CCOCc1[nH]c(S(=O)(=O)c2ccccc2)nc1Cl. The second kappa shape index (κ2) is 7.17. The fourth-order valence-corrected chi connectivity index (χ4v) is 4.05. The van der Waals surface area contributed by atoms with Gasteiger partial charge >= 0.3 is 0 Å². The molecule has 0 saturated heterocycles. The quantitative estimate of drug-likeness (QED) is 0.593. The largest absolute Gasteiger partial charge is 0.375 e. The Hall–Kier alpha value is -1.15. The van der Waals surface area contributed by atoms with Crippen molar-refractivity contribution in [3.8, 4) is 0 Å². The number of aromatic nitrogens is 2. The minimum atomic E-state index is -3.69. The molecule has 0 aliphatic carbocycles. The van der Waals surface area contributed by atoms with Gasteiger partial charge in [0.1, 0.15) is 0 Å². The van der Waals surface area contributed by atoms with Crippen LogP contribution in [0.5, 0.6) is 0 Å². The third-order valence-electron chi connectivity index (χ3n) is 3.26. The van der Waals surface area contributed by atoms with Crippen LogP contribution in [0, 0.1) is 0 Å². The van der Waals surface area contributed by atoms with E-state index in [0.29, 0.717) is 12.3 Å². The minimum absolute atomic E-state index is 0.132. The van der Waals surface area contributed by atoms with Crippen molar-refractivity contribution < 1.29 is 13.2 Å². The highest BCUT2D eigenvalue weighted by Crippen LogP contribution is 2.22. The number of ether oxygens (including phenoxy) is 1. The zero-order valence-corrected chi connectivity index (χ0v) is 16.0. The Bertz CT molecular complexity index is 755. The van der Waals surface area contributed by atoms with E-state index in [1.165, 1.54) is 12.1 Å². The number of aromatic amines is 1. The molecule has 0 aliphatic rings. The third kappa shape index (κ3) is 4.91. The molecule has 0 bridgehead atoms. The van der Waals surface area contributed by atoms with Crippen LogP contribution in [0.15, 0.2) is 40.4 Å². The number of nitrogens with one attached hydrogen (secondary N) is 1. The zero-order chi connectivity index (χ0) is 17.1. The van der Waals surface area contributed by atoms with Crippen molar-refractivity contribution in [3.05, 3.63) is 41.2 Å². The molecule has 0 saturated carbocycles. The summed E-state index contributed by atoms with van der Waals surface area (Å²) in [5.41, 5.74) is 0.483. The molecule has 5 nitrogen and oxygen atoms in total. The number of imidazole rings is 1. The Balaban J connectivity index is 2.09. The Kier molecular flexibility index (Phi) is 5.67. The summed E-state index contributed by atoms with van der Waals surface area (Å²) in [6, 6.07) is 9.17. The zero-order valence-electron chi connectivity index (χ0n) is 13.5. The van der Waals surface area contributed by atoms with E-state index in [9.17, 15) is 8.42 Å². The van der Waals surface area contributed by atoms with Crippen LogP contribution in [0.1, 0.15) is 5.69 Å². The van der Waals surface area contributed by atoms with Crippen LogP contribution in [-0.2, 0) is 21.2 Å². The maximum Gasteiger partial charge on any atom is 0.239 e. The summed E-state index contributed by atoms with van der Waals surface area (Å²) in [5, 5.41) is -0.0231. The van der Waals surface area contributed by atoms with E-state index in [1.807, 2.05) is 0 Å². The lowest BCUT2D eigenvalue weighted by Crippen LogP contribution is -2.21. The average molecular weight is 373 g/mol. The van der Waals surface area contributed by atoms with Gasteiger partial charge in [0.05, 0.1) is 17.2 Å². The number of benzene rings is 1. The summed E-state index contributed by atoms with van der Waals surface area (Å²) in [5.74, 6) is 0. The second-order valence-corrected chi connectivity index (χ2v) is 14.3. The van der Waals surface area contributed by atoms with E-state index in [1.54, 1.807) is 18.2 Å². The maximum atomic E-state index is 12.5. The second-order valence-electron chi connectivity index (χ2n) is 6.49. The first kappa shape index (κ1) is 18.2. The summed E-state index contributed by atoms with van der Waals surface area (Å²) in [4.78, 5) is 6.89. The van der Waals surface area contributed by atoms with Crippen molar-refractivity contribution in [2.45, 2.75) is 42.3 Å². The molecule has 2 rings (SSSR count). The fourth-order valence-electron chi connectivity index (χ4n) is 1.85. The molecule has 126 valence electrons. The molecule has 23 heavy (non-hydrogen) atoms. The lowest BCUT2D eigenvalue weighted by molar-refractivity contribution is 0.130. The Labute approximate surface area is 143 Å². The van der Waals surface area contributed by atoms with Gasteiger partial charge in [-0.05, 0) is 18.2 Å². The van der Waals surface area contributed by atoms with Gasteiger partial charge < -0.3 is 9.72 Å². The van der Waals surface area contributed by atoms with E-state index in [2.05, 4.69) is 29.6 Å². The normalized spacial score (nSPS) is 12.5. The number of halogens is 1. The van der Waals surface area contributed by atoms with Gasteiger partial charge in [0.15, 0.2) is 5.15 Å². The summed E-state index contributed by atoms with van der Waals surface area (Å²) in [6.07, 6.45) is 0. The average Bonchev–Trinajstić information content (AvgIpc) is 2.86. The van der Waals surface area contributed by atoms with E-state index < -0.39 is 17.9 Å². The van der Waals surface area contributed by atoms with Gasteiger partial charge in [-0.1, -0.05) is 49.4 Å². The van der Waals surface area contributed by atoms with Gasteiger partial charge in [-0.2, -0.15) is 0 Å². The smallest absolute Gasteiger partial charge is 0.239 e. The first-order valence-electron chi connectivity index (χ1n) is 7.32. The number of nitrogens with zero attached hydrogens (tertiary/aromatic N) is 1. The van der Waals surface area contributed by atoms with Crippen LogP contribution in [0.3, 0.4) is 0 Å². The van der Waals surface area contributed by atoms with Crippen LogP contribution in [0.25, 0.3) is 0 Å². The minimum Gasteiger partial charge on any atom is -0.375 e. The van der Waals surface area contributed by atoms with Gasteiger partial charge in [-0.15, -0.1) is 0 Å². The number of hydrogen-bond acceptors (Lipinski definition) is 4. The van der Waals surface area contributed by atoms with Gasteiger partial charge in [-0.25, -0.2) is 13.4 Å². The standard InChI is InChI=1S/C15H21ClN2O3SSi/c1-23(2,3)10-9-21-11-13-14(16)18-15(17-13)22(19,20)12-7-5-4-6-8-12/h4-8H,9-11H2,1-3H3,(H,17,18). The monoisotopic (exact) mass is 372 g/mol. The van der Waals surface area contributed by atoms with Crippen molar-refractivity contribution in [2.24, 2.45) is 0 Å². The van der Waals surface area contributed by atoms with Crippen LogP contribution in [-0.4, -0.2) is 33.1 Å². The van der Waals surface area contributed by atoms with Crippen molar-refractivity contribution in [3.63, 3.8) is 0 Å². The lowest BCUT2D eigenvalue weighted by atomic mass is 10.4. The lowest BCUT2D eigenvalue weighted by Gasteiger charge is -2.15. The van der Waals surface area contributed by atoms with Crippen LogP contribution < -0.4 is 0 Å². The Morgan fingerprint density at radius 3 is 2.48 bits per heavy atom. The molecule has 1 heterocycles. The molecular weight excluding hydrogens is 352 g/mol. The number of hydrogen-bond donors (Lipinski definition) is 1. The highest BCUT2D eigenvalue weighted by atomic mass is 35.5. The molecular formula is C15H21ClN2O3SSi. The molecule has 1 N–H and O–H groups in total. The summed E-state index contributed by atoms with van der Waals surface area (Å²) in [7, 11) is -4.85. The van der Waals surface area contributed by atoms with Gasteiger partial charge in [-0.3, -0.25) is 0 Å². The van der Waals surface area contributed by atoms with Crippen LogP contribution in [0.2, 0.25) is 30.8 Å². The summed E-state index contributed by atoms with van der Waals surface area (Å²) < 4.78 is 30.5. The van der Waals surface area contributed by atoms with Crippen molar-refractivity contribution in [1.82, 2.24) is 9.97 Å². The van der Waals surface area contributed by atoms with E-state index >= 15 is 0 Å². The molecule has 8 heteroatoms. The topological polar surface area (TPSA) is 72.1 Å². The van der Waals surface area contributed by atoms with Crippen molar-refractivity contribution in [2.75, 3.05) is 6.61 Å². The Morgan fingerprint density at radius 2 is 1.87 bits per heavy atom. The highest BCUT2D eigenvalue weighted by Gasteiger charge is 2.23. The predicted molar refractivity (Wildman–Crippen MR) is 93.3 cm³/mol. The van der Waals surface area contributed by atoms with Gasteiger partial charge in [0.2, 0.25) is 15.0 Å². The predicted octanol–water partition coefficient (Wildman–Crippen LogP) is 3.75. The first-order valence-corrected chi connectivity index (χ1v) is 12.9. The fraction of sp³-hybridized carbons (Fsp3) is 0.400. The molecule has 1 aromatic carbocycles. The number of H-pyrrole nitrogens is 1.